The lowest BCUT2D eigenvalue weighted by Gasteiger charge is -2.20. The highest BCUT2D eigenvalue weighted by atomic mass is 35.5. The number of hydrogen-bond donors (Lipinski definition) is 2. The van der Waals surface area contributed by atoms with Gasteiger partial charge in [0.25, 0.3) is 0 Å². The lowest BCUT2D eigenvalue weighted by molar-refractivity contribution is 0.530. The van der Waals surface area contributed by atoms with Crippen molar-refractivity contribution in [3.05, 3.63) is 107 Å². The zero-order valence-corrected chi connectivity index (χ0v) is 16.6. The number of hydrogen-bond acceptors (Lipinski definition) is 1. The number of benzene rings is 3. The molecule has 1 atom stereocenters. The van der Waals surface area contributed by atoms with Crippen LogP contribution in [0.25, 0.3) is 10.9 Å². The third-order valence-electron chi connectivity index (χ3n) is 5.09. The zero-order chi connectivity index (χ0) is 18.6. The molecule has 1 unspecified atom stereocenters. The Morgan fingerprint density at radius 2 is 1.61 bits per heavy atom. The van der Waals surface area contributed by atoms with Crippen LogP contribution in [0.5, 0.6) is 0 Å². The Balaban J connectivity index is 0.00000225. The average Bonchev–Trinajstić information content (AvgIpc) is 3.01. The molecule has 0 saturated heterocycles. The Morgan fingerprint density at radius 1 is 0.929 bits per heavy atom. The van der Waals surface area contributed by atoms with E-state index in [1.165, 1.54) is 22.8 Å². The number of aromatic nitrogens is 1. The Morgan fingerprint density at radius 3 is 2.32 bits per heavy atom. The maximum Gasteiger partial charge on any atom is 0.123 e. The van der Waals surface area contributed by atoms with Crippen LogP contribution in [0.15, 0.2) is 78.9 Å². The van der Waals surface area contributed by atoms with Crippen molar-refractivity contribution in [2.75, 3.05) is 0 Å². The molecular weight excluding hydrogens is 371 g/mol. The van der Waals surface area contributed by atoms with Gasteiger partial charge in [0.15, 0.2) is 0 Å². The summed E-state index contributed by atoms with van der Waals surface area (Å²) < 4.78 is 13.8. The van der Waals surface area contributed by atoms with Crippen molar-refractivity contribution in [3.63, 3.8) is 0 Å². The smallest absolute Gasteiger partial charge is 0.123 e. The van der Waals surface area contributed by atoms with Crippen LogP contribution in [0.4, 0.5) is 4.39 Å². The van der Waals surface area contributed by atoms with Crippen LogP contribution in [0.1, 0.15) is 28.4 Å². The van der Waals surface area contributed by atoms with Gasteiger partial charge in [0, 0.05) is 29.2 Å². The lowest BCUT2D eigenvalue weighted by atomic mass is 9.96. The molecule has 28 heavy (non-hydrogen) atoms. The predicted molar refractivity (Wildman–Crippen MR) is 116 cm³/mol. The third kappa shape index (κ3) is 4.44. The summed E-state index contributed by atoms with van der Waals surface area (Å²) in [6.07, 6.45) is 0.798. The van der Waals surface area contributed by atoms with Gasteiger partial charge in [0.1, 0.15) is 5.82 Å². The minimum atomic E-state index is -0.198. The molecule has 144 valence electrons. The van der Waals surface area contributed by atoms with Gasteiger partial charge in [-0.15, -0.1) is 12.4 Å². The molecule has 0 fully saturated rings. The quantitative estimate of drug-likeness (QED) is 0.405. The molecular formula is C24H24ClFN2. The molecule has 2 nitrogen and oxygen atoms in total. The van der Waals surface area contributed by atoms with E-state index < -0.39 is 0 Å². The highest BCUT2D eigenvalue weighted by Crippen LogP contribution is 2.28. The summed E-state index contributed by atoms with van der Waals surface area (Å²) >= 11 is 0. The molecule has 3 aromatic carbocycles. The fourth-order valence-corrected chi connectivity index (χ4v) is 3.65. The third-order valence-corrected chi connectivity index (χ3v) is 5.09. The Hall–Kier alpha value is -2.62. The average molecular weight is 395 g/mol. The number of aryl methyl sites for hydroxylation is 1. The highest BCUT2D eigenvalue weighted by Gasteiger charge is 2.17. The van der Waals surface area contributed by atoms with Crippen LogP contribution < -0.4 is 5.32 Å². The number of nitrogens with one attached hydrogen (secondary N) is 2. The number of fused-ring (bicyclic) bond motifs is 1. The monoisotopic (exact) mass is 394 g/mol. The standard InChI is InChI=1S/C24H23FN2.ClH/c1-17-21(22-14-20(25)12-13-23(22)27-17)15-24(19-10-6-3-7-11-19)26-16-18-8-4-2-5-9-18;/h2-14,24,26-27H,15-16H2,1H3;1H. The van der Waals surface area contributed by atoms with Crippen molar-refractivity contribution >= 4 is 23.3 Å². The first-order chi connectivity index (χ1) is 13.2. The number of halogens is 2. The fraction of sp³-hybridized carbons (Fsp3) is 0.167. The van der Waals surface area contributed by atoms with Gasteiger partial charge in [-0.2, -0.15) is 0 Å². The molecule has 4 aromatic rings. The Bertz CT molecular complexity index is 1030. The van der Waals surface area contributed by atoms with Crippen molar-refractivity contribution < 1.29 is 4.39 Å². The summed E-state index contributed by atoms with van der Waals surface area (Å²) in [5, 5.41) is 4.66. The molecule has 0 amide bonds. The van der Waals surface area contributed by atoms with Crippen LogP contribution in [0.2, 0.25) is 0 Å². The summed E-state index contributed by atoms with van der Waals surface area (Å²) in [6, 6.07) is 25.9. The molecule has 1 aromatic heterocycles. The molecule has 4 heteroatoms. The minimum absolute atomic E-state index is 0. The number of aromatic amines is 1. The van der Waals surface area contributed by atoms with Gasteiger partial charge in [-0.25, -0.2) is 4.39 Å². The van der Waals surface area contributed by atoms with Crippen LogP contribution in [0.3, 0.4) is 0 Å². The summed E-state index contributed by atoms with van der Waals surface area (Å²) in [5.41, 5.74) is 5.73. The van der Waals surface area contributed by atoms with Gasteiger partial charge in [-0.1, -0.05) is 60.7 Å². The summed E-state index contributed by atoms with van der Waals surface area (Å²) in [4.78, 5) is 3.39. The topological polar surface area (TPSA) is 27.8 Å². The van der Waals surface area contributed by atoms with Crippen LogP contribution in [-0.2, 0) is 13.0 Å². The first kappa shape index (κ1) is 20.1. The van der Waals surface area contributed by atoms with Gasteiger partial charge in [-0.3, -0.25) is 0 Å². The minimum Gasteiger partial charge on any atom is -0.358 e. The predicted octanol–water partition coefficient (Wildman–Crippen LogP) is 6.11. The Labute approximate surface area is 171 Å². The lowest BCUT2D eigenvalue weighted by Crippen LogP contribution is -2.23. The van der Waals surface area contributed by atoms with E-state index in [1.807, 2.05) is 18.2 Å². The summed E-state index contributed by atoms with van der Waals surface area (Å²) in [6.45, 7) is 2.85. The molecule has 0 spiro atoms. The zero-order valence-electron chi connectivity index (χ0n) is 15.8. The molecule has 4 rings (SSSR count). The summed E-state index contributed by atoms with van der Waals surface area (Å²) in [5.74, 6) is -0.198. The number of H-pyrrole nitrogens is 1. The Kier molecular flexibility index (Phi) is 6.50. The van der Waals surface area contributed by atoms with E-state index >= 15 is 0 Å². The second-order valence-electron chi connectivity index (χ2n) is 6.95. The molecule has 0 radical (unpaired) electrons. The van der Waals surface area contributed by atoms with Crippen molar-refractivity contribution in [2.45, 2.75) is 25.9 Å². The van der Waals surface area contributed by atoms with Crippen molar-refractivity contribution in [3.8, 4) is 0 Å². The molecule has 2 N–H and O–H groups in total. The van der Waals surface area contributed by atoms with Crippen LogP contribution in [-0.4, -0.2) is 4.98 Å². The first-order valence-electron chi connectivity index (χ1n) is 9.29. The maximum atomic E-state index is 13.8. The maximum absolute atomic E-state index is 13.8. The van der Waals surface area contributed by atoms with Gasteiger partial charge in [0.2, 0.25) is 0 Å². The largest absolute Gasteiger partial charge is 0.358 e. The molecule has 0 aliphatic carbocycles. The van der Waals surface area contributed by atoms with Gasteiger partial charge in [0.05, 0.1) is 0 Å². The van der Waals surface area contributed by atoms with Crippen LogP contribution >= 0.6 is 12.4 Å². The molecule has 1 heterocycles. The highest BCUT2D eigenvalue weighted by molar-refractivity contribution is 5.85. The molecule has 0 aliphatic heterocycles. The van der Waals surface area contributed by atoms with Gasteiger partial charge < -0.3 is 10.3 Å². The normalized spacial score (nSPS) is 11.9. The van der Waals surface area contributed by atoms with E-state index in [4.69, 9.17) is 0 Å². The van der Waals surface area contributed by atoms with Crippen molar-refractivity contribution in [1.82, 2.24) is 10.3 Å². The van der Waals surface area contributed by atoms with Gasteiger partial charge >= 0.3 is 0 Å². The van der Waals surface area contributed by atoms with E-state index in [2.05, 4.69) is 65.8 Å². The summed E-state index contributed by atoms with van der Waals surface area (Å²) in [7, 11) is 0. The number of rotatable bonds is 6. The fourth-order valence-electron chi connectivity index (χ4n) is 3.65. The van der Waals surface area contributed by atoms with Crippen molar-refractivity contribution in [1.29, 1.82) is 0 Å². The molecule has 0 saturated carbocycles. The van der Waals surface area contributed by atoms with Crippen LogP contribution in [0, 0.1) is 12.7 Å². The first-order valence-corrected chi connectivity index (χ1v) is 9.29. The van der Waals surface area contributed by atoms with Crippen molar-refractivity contribution in [2.24, 2.45) is 0 Å². The van der Waals surface area contributed by atoms with Gasteiger partial charge in [-0.05, 0) is 48.2 Å². The van der Waals surface area contributed by atoms with E-state index in [9.17, 15) is 4.39 Å². The van der Waals surface area contributed by atoms with E-state index in [-0.39, 0.29) is 24.3 Å². The SMILES string of the molecule is Cc1[nH]c2ccc(F)cc2c1CC(NCc1ccccc1)c1ccccc1.Cl. The second-order valence-corrected chi connectivity index (χ2v) is 6.95. The van der Waals surface area contributed by atoms with E-state index in [0.29, 0.717) is 0 Å². The second kappa shape index (κ2) is 9.05. The van der Waals surface area contributed by atoms with E-state index in [0.717, 1.165) is 29.6 Å². The molecule has 0 aliphatic rings. The van der Waals surface area contributed by atoms with E-state index in [1.54, 1.807) is 6.07 Å². The molecule has 0 bridgehead atoms.